The van der Waals surface area contributed by atoms with Gasteiger partial charge in [-0.3, -0.25) is 9.20 Å². The molecule has 2 aromatic carbocycles. The molecule has 2 heterocycles. The maximum Gasteiger partial charge on any atom is 0.416 e. The van der Waals surface area contributed by atoms with Crippen LogP contribution in [0.3, 0.4) is 0 Å². The number of carbonyl (C=O) groups is 1. The lowest BCUT2D eigenvalue weighted by molar-refractivity contribution is -0.137. The summed E-state index contributed by atoms with van der Waals surface area (Å²) in [7, 11) is 0. The zero-order valence-corrected chi connectivity index (χ0v) is 16.6. The normalized spacial score (nSPS) is 11.9. The van der Waals surface area contributed by atoms with Gasteiger partial charge in [0.2, 0.25) is 0 Å². The van der Waals surface area contributed by atoms with Crippen LogP contribution in [0.5, 0.6) is 0 Å². The molecule has 0 atom stereocenters. The number of alkyl halides is 3. The van der Waals surface area contributed by atoms with Crippen molar-refractivity contribution in [2.45, 2.75) is 19.6 Å². The van der Waals surface area contributed by atoms with Crippen LogP contribution in [0.2, 0.25) is 0 Å². The monoisotopic (exact) mass is 449 g/mol. The molecule has 11 heteroatoms. The van der Waals surface area contributed by atoms with Crippen LogP contribution in [-0.4, -0.2) is 31.7 Å². The summed E-state index contributed by atoms with van der Waals surface area (Å²) in [6.07, 6.45) is -1.78. The number of hydrogen-bond acceptors (Lipinski definition) is 4. The van der Waals surface area contributed by atoms with E-state index in [1.807, 2.05) is 0 Å². The first-order valence-corrected chi connectivity index (χ1v) is 9.45. The van der Waals surface area contributed by atoms with Crippen LogP contribution in [0.15, 0.2) is 42.9 Å². The summed E-state index contributed by atoms with van der Waals surface area (Å²) in [5.41, 5.74) is 5.35. The number of imidazole rings is 1. The van der Waals surface area contributed by atoms with Gasteiger partial charge in [0.1, 0.15) is 23.0 Å². The molecular weight excluding hydrogens is 433 g/mol. The Hall–Kier alpha value is -3.76. The number of nitrogens with two attached hydrogens (primary N) is 1. The Bertz CT molecular complexity index is 1350. The van der Waals surface area contributed by atoms with Gasteiger partial charge in [-0.15, -0.1) is 0 Å². The van der Waals surface area contributed by atoms with Crippen molar-refractivity contribution in [1.82, 2.24) is 19.3 Å². The Balaban J connectivity index is 1.71. The quantitative estimate of drug-likeness (QED) is 0.468. The molecule has 0 saturated carbocycles. The molecule has 2 N–H and O–H groups in total. The maximum absolute atomic E-state index is 14.8. The third kappa shape index (κ3) is 3.70. The lowest BCUT2D eigenvalue weighted by Gasteiger charge is -2.22. The molecule has 2 aromatic heterocycles. The second-order valence-electron chi connectivity index (χ2n) is 7.09. The van der Waals surface area contributed by atoms with Gasteiger partial charge in [-0.25, -0.2) is 18.7 Å². The Morgan fingerprint density at radius 2 is 1.88 bits per heavy atom. The molecular formula is C21H16F5N5O. The van der Waals surface area contributed by atoms with Crippen molar-refractivity contribution in [2.75, 3.05) is 12.3 Å². The predicted molar refractivity (Wildman–Crippen MR) is 107 cm³/mol. The number of nitrogen functional groups attached to an aromatic ring is 1. The number of anilines is 1. The summed E-state index contributed by atoms with van der Waals surface area (Å²) in [5, 5.41) is 0. The van der Waals surface area contributed by atoms with Gasteiger partial charge >= 0.3 is 6.18 Å². The summed E-state index contributed by atoms with van der Waals surface area (Å²) in [5.74, 6) is -2.58. The van der Waals surface area contributed by atoms with E-state index < -0.39 is 29.3 Å². The van der Waals surface area contributed by atoms with Crippen molar-refractivity contribution in [3.63, 3.8) is 0 Å². The molecule has 0 aliphatic rings. The van der Waals surface area contributed by atoms with Crippen molar-refractivity contribution >= 4 is 28.3 Å². The highest BCUT2D eigenvalue weighted by atomic mass is 19.4. The number of rotatable bonds is 4. The number of halogens is 5. The first-order valence-electron chi connectivity index (χ1n) is 9.45. The molecule has 0 bridgehead atoms. The predicted octanol–water partition coefficient (Wildman–Crippen LogP) is 4.42. The van der Waals surface area contributed by atoms with Crippen LogP contribution in [0.25, 0.3) is 16.6 Å². The lowest BCUT2D eigenvalue weighted by Crippen LogP contribution is -2.31. The lowest BCUT2D eigenvalue weighted by atomic mass is 10.1. The Morgan fingerprint density at radius 3 is 2.53 bits per heavy atom. The van der Waals surface area contributed by atoms with Gasteiger partial charge in [0.15, 0.2) is 0 Å². The molecule has 0 saturated heterocycles. The van der Waals surface area contributed by atoms with E-state index in [0.717, 1.165) is 23.1 Å². The van der Waals surface area contributed by atoms with Crippen LogP contribution in [0, 0.1) is 11.6 Å². The molecule has 0 aliphatic heterocycles. The fourth-order valence-electron chi connectivity index (χ4n) is 3.42. The molecule has 6 nitrogen and oxygen atoms in total. The zero-order chi connectivity index (χ0) is 23.2. The molecule has 0 unspecified atom stereocenters. The molecule has 4 aromatic rings. The SMILES string of the molecule is CCN(Cc1ccc(C(F)(F)F)cc1F)C(=O)c1cc2c(cc1F)nc(N)c1cncn12. The van der Waals surface area contributed by atoms with Crippen molar-refractivity contribution in [2.24, 2.45) is 0 Å². The number of hydrogen-bond donors (Lipinski definition) is 1. The number of benzene rings is 2. The second kappa shape index (κ2) is 7.74. The second-order valence-corrected chi connectivity index (χ2v) is 7.09. The summed E-state index contributed by atoms with van der Waals surface area (Å²) < 4.78 is 68.9. The average molecular weight is 449 g/mol. The van der Waals surface area contributed by atoms with Crippen molar-refractivity contribution in [3.05, 3.63) is 71.2 Å². The minimum atomic E-state index is -4.69. The number of carbonyl (C=O) groups excluding carboxylic acids is 1. The van der Waals surface area contributed by atoms with Crippen LogP contribution in [0.1, 0.15) is 28.4 Å². The van der Waals surface area contributed by atoms with Gasteiger partial charge < -0.3 is 10.6 Å². The molecule has 1 amide bonds. The average Bonchev–Trinajstić information content (AvgIpc) is 3.22. The van der Waals surface area contributed by atoms with Crippen LogP contribution in [-0.2, 0) is 12.7 Å². The van der Waals surface area contributed by atoms with E-state index in [1.54, 1.807) is 11.3 Å². The van der Waals surface area contributed by atoms with Gasteiger partial charge in [0.05, 0.1) is 34.7 Å². The van der Waals surface area contributed by atoms with E-state index >= 15 is 0 Å². The molecule has 4 rings (SSSR count). The topological polar surface area (TPSA) is 76.5 Å². The van der Waals surface area contributed by atoms with Gasteiger partial charge in [0.25, 0.3) is 5.91 Å². The van der Waals surface area contributed by atoms with Crippen molar-refractivity contribution < 1.29 is 26.7 Å². The smallest absolute Gasteiger partial charge is 0.382 e. The van der Waals surface area contributed by atoms with E-state index in [9.17, 15) is 26.7 Å². The molecule has 0 fully saturated rings. The standard InChI is InChI=1S/C21H16F5N5O/c1-2-30(9-11-3-4-12(5-14(11)22)21(24,25)26)20(32)13-6-17-16(7-15(13)23)29-19(27)18-8-28-10-31(17)18/h3-8,10H,2,9H2,1H3,(H2,27,29). The summed E-state index contributed by atoms with van der Waals surface area (Å²) >= 11 is 0. The maximum atomic E-state index is 14.8. The highest BCUT2D eigenvalue weighted by Crippen LogP contribution is 2.31. The highest BCUT2D eigenvalue weighted by molar-refractivity contribution is 5.98. The summed E-state index contributed by atoms with van der Waals surface area (Å²) in [4.78, 5) is 22.3. The van der Waals surface area contributed by atoms with Crippen LogP contribution >= 0.6 is 0 Å². The number of fused-ring (bicyclic) bond motifs is 3. The van der Waals surface area contributed by atoms with Crippen molar-refractivity contribution in [1.29, 1.82) is 0 Å². The Morgan fingerprint density at radius 1 is 1.12 bits per heavy atom. The largest absolute Gasteiger partial charge is 0.416 e. The molecule has 0 radical (unpaired) electrons. The van der Waals surface area contributed by atoms with Crippen molar-refractivity contribution in [3.8, 4) is 0 Å². The van der Waals surface area contributed by atoms with Gasteiger partial charge in [-0.05, 0) is 25.1 Å². The molecule has 166 valence electrons. The van der Waals surface area contributed by atoms with E-state index in [4.69, 9.17) is 5.73 Å². The Kier molecular flexibility index (Phi) is 5.19. The van der Waals surface area contributed by atoms with E-state index in [2.05, 4.69) is 9.97 Å². The third-order valence-corrected chi connectivity index (χ3v) is 5.11. The fourth-order valence-corrected chi connectivity index (χ4v) is 3.42. The minimum Gasteiger partial charge on any atom is -0.382 e. The third-order valence-electron chi connectivity index (χ3n) is 5.11. The molecule has 0 aliphatic carbocycles. The number of amides is 1. The zero-order valence-electron chi connectivity index (χ0n) is 16.6. The van der Waals surface area contributed by atoms with Gasteiger partial charge in [0, 0.05) is 24.7 Å². The Labute approximate surface area is 178 Å². The molecule has 32 heavy (non-hydrogen) atoms. The number of aromatic nitrogens is 3. The number of nitrogens with zero attached hydrogens (tertiary/aromatic N) is 4. The first-order chi connectivity index (χ1) is 15.1. The summed E-state index contributed by atoms with van der Waals surface area (Å²) in [6.45, 7) is 1.32. The summed E-state index contributed by atoms with van der Waals surface area (Å²) in [6, 6.07) is 4.42. The van der Waals surface area contributed by atoms with E-state index in [1.165, 1.54) is 18.6 Å². The van der Waals surface area contributed by atoms with Gasteiger partial charge in [-0.2, -0.15) is 13.2 Å². The first kappa shape index (κ1) is 21.5. The van der Waals surface area contributed by atoms with Crippen LogP contribution < -0.4 is 5.73 Å². The molecule has 0 spiro atoms. The fraction of sp³-hybridized carbons (Fsp3) is 0.190. The van der Waals surface area contributed by atoms with Crippen LogP contribution in [0.4, 0.5) is 27.8 Å². The van der Waals surface area contributed by atoms with E-state index in [-0.39, 0.29) is 35.6 Å². The minimum absolute atomic E-state index is 0.0667. The highest BCUT2D eigenvalue weighted by Gasteiger charge is 2.31. The van der Waals surface area contributed by atoms with E-state index in [0.29, 0.717) is 17.1 Å². The van der Waals surface area contributed by atoms with Gasteiger partial charge in [-0.1, -0.05) is 6.07 Å².